The van der Waals surface area contributed by atoms with Crippen LogP contribution in [0.4, 0.5) is 0 Å². The van der Waals surface area contributed by atoms with Crippen LogP contribution in [-0.4, -0.2) is 10.8 Å². The molecule has 0 spiro atoms. The monoisotopic (exact) mass is 369 g/mol. The van der Waals surface area contributed by atoms with Crippen LogP contribution in [0.15, 0.2) is 40.8 Å². The van der Waals surface area contributed by atoms with Crippen molar-refractivity contribution in [2.45, 2.75) is 90.4 Å². The van der Waals surface area contributed by atoms with Crippen molar-refractivity contribution in [1.82, 2.24) is 4.98 Å². The van der Waals surface area contributed by atoms with Gasteiger partial charge in [0.2, 0.25) is 5.78 Å². The molecule has 0 aliphatic heterocycles. The summed E-state index contributed by atoms with van der Waals surface area (Å²) in [7, 11) is 0. The van der Waals surface area contributed by atoms with Gasteiger partial charge in [-0.05, 0) is 44.2 Å². The topological polar surface area (TPSA) is 43.1 Å². The fourth-order valence-electron chi connectivity index (χ4n) is 3.28. The SMILES string of the molecule is CCCCCCCC/C=C\CCCCCCC(=O)c1nc2ccccc2o1. The fraction of sp³-hybridized carbons (Fsp3) is 0.583. The molecule has 0 fully saturated rings. The van der Waals surface area contributed by atoms with Gasteiger partial charge in [-0.1, -0.05) is 76.2 Å². The van der Waals surface area contributed by atoms with Gasteiger partial charge in [0, 0.05) is 6.42 Å². The molecule has 148 valence electrons. The number of carbonyl (C=O) groups excluding carboxylic acids is 1. The maximum Gasteiger partial charge on any atom is 0.264 e. The van der Waals surface area contributed by atoms with E-state index in [2.05, 4.69) is 24.1 Å². The molecule has 0 N–H and O–H groups in total. The number of benzene rings is 1. The van der Waals surface area contributed by atoms with Crippen molar-refractivity contribution >= 4 is 16.9 Å². The molecule has 1 aromatic carbocycles. The number of hydrogen-bond donors (Lipinski definition) is 0. The lowest BCUT2D eigenvalue weighted by Gasteiger charge is -1.99. The minimum absolute atomic E-state index is 0.0185. The van der Waals surface area contributed by atoms with E-state index in [1.54, 1.807) is 0 Å². The van der Waals surface area contributed by atoms with Gasteiger partial charge in [-0.2, -0.15) is 0 Å². The van der Waals surface area contributed by atoms with Crippen molar-refractivity contribution in [2.24, 2.45) is 0 Å². The van der Waals surface area contributed by atoms with Crippen LogP contribution in [-0.2, 0) is 0 Å². The number of para-hydroxylation sites is 2. The first-order valence-electron chi connectivity index (χ1n) is 10.8. The van der Waals surface area contributed by atoms with Crippen LogP contribution in [0.3, 0.4) is 0 Å². The fourth-order valence-corrected chi connectivity index (χ4v) is 3.28. The number of nitrogens with zero attached hydrogens (tertiary/aromatic N) is 1. The lowest BCUT2D eigenvalue weighted by molar-refractivity contribution is 0.0947. The van der Waals surface area contributed by atoms with Gasteiger partial charge in [-0.15, -0.1) is 0 Å². The first-order chi connectivity index (χ1) is 13.3. The maximum absolute atomic E-state index is 12.2. The van der Waals surface area contributed by atoms with Crippen molar-refractivity contribution in [3.05, 3.63) is 42.3 Å². The number of fused-ring (bicyclic) bond motifs is 1. The number of Topliss-reactive ketones (excluding diaryl/α,β-unsaturated/α-hetero) is 1. The molecule has 0 atom stereocenters. The summed E-state index contributed by atoms with van der Waals surface area (Å²) >= 11 is 0. The molecule has 1 aromatic heterocycles. The summed E-state index contributed by atoms with van der Waals surface area (Å²) in [6.07, 6.45) is 20.2. The number of aromatic nitrogens is 1. The molecular weight excluding hydrogens is 334 g/mol. The van der Waals surface area contributed by atoms with Gasteiger partial charge in [0.25, 0.3) is 5.89 Å². The Bertz CT molecular complexity index is 654. The van der Waals surface area contributed by atoms with E-state index >= 15 is 0 Å². The number of oxazole rings is 1. The van der Waals surface area contributed by atoms with E-state index < -0.39 is 0 Å². The molecule has 1 heterocycles. The minimum atomic E-state index is 0.0185. The van der Waals surface area contributed by atoms with E-state index in [4.69, 9.17) is 4.42 Å². The molecule has 27 heavy (non-hydrogen) atoms. The van der Waals surface area contributed by atoms with Crippen molar-refractivity contribution in [2.75, 3.05) is 0 Å². The Morgan fingerprint density at radius 1 is 0.889 bits per heavy atom. The molecule has 0 aliphatic rings. The highest BCUT2D eigenvalue weighted by Crippen LogP contribution is 2.17. The van der Waals surface area contributed by atoms with Crippen LogP contribution in [0.2, 0.25) is 0 Å². The number of hydrogen-bond acceptors (Lipinski definition) is 3. The second-order valence-corrected chi connectivity index (χ2v) is 7.39. The van der Waals surface area contributed by atoms with Gasteiger partial charge >= 0.3 is 0 Å². The van der Waals surface area contributed by atoms with Crippen LogP contribution in [0, 0.1) is 0 Å². The molecule has 0 aliphatic carbocycles. The largest absolute Gasteiger partial charge is 0.434 e. The molecule has 0 saturated heterocycles. The maximum atomic E-state index is 12.2. The van der Waals surface area contributed by atoms with E-state index in [0.717, 1.165) is 24.8 Å². The minimum Gasteiger partial charge on any atom is -0.434 e. The Morgan fingerprint density at radius 3 is 2.22 bits per heavy atom. The first-order valence-corrected chi connectivity index (χ1v) is 10.8. The Labute approximate surface area is 164 Å². The summed E-state index contributed by atoms with van der Waals surface area (Å²) in [5.41, 5.74) is 1.45. The highest BCUT2D eigenvalue weighted by molar-refractivity contribution is 5.94. The predicted molar refractivity (Wildman–Crippen MR) is 113 cm³/mol. The van der Waals surface area contributed by atoms with Crippen LogP contribution in [0.25, 0.3) is 11.1 Å². The number of carbonyl (C=O) groups is 1. The molecule has 3 heteroatoms. The van der Waals surface area contributed by atoms with E-state index in [1.807, 2.05) is 24.3 Å². The molecule has 2 rings (SSSR count). The third-order valence-electron chi connectivity index (χ3n) is 4.95. The Morgan fingerprint density at radius 2 is 1.52 bits per heavy atom. The van der Waals surface area contributed by atoms with E-state index in [0.29, 0.717) is 12.0 Å². The lowest BCUT2D eigenvalue weighted by atomic mass is 10.1. The Hall–Kier alpha value is -1.90. The summed E-state index contributed by atoms with van der Waals surface area (Å²) in [5.74, 6) is 0.277. The normalized spacial score (nSPS) is 11.6. The third kappa shape index (κ3) is 8.55. The summed E-state index contributed by atoms with van der Waals surface area (Å²) in [6, 6.07) is 7.51. The second-order valence-electron chi connectivity index (χ2n) is 7.39. The zero-order valence-electron chi connectivity index (χ0n) is 16.9. The van der Waals surface area contributed by atoms with Crippen molar-refractivity contribution < 1.29 is 9.21 Å². The predicted octanol–water partition coefficient (Wildman–Crippen LogP) is 7.66. The average molecular weight is 370 g/mol. The van der Waals surface area contributed by atoms with E-state index in [1.165, 1.54) is 57.8 Å². The number of ketones is 1. The average Bonchev–Trinajstić information content (AvgIpc) is 3.12. The molecule has 0 amide bonds. The zero-order chi connectivity index (χ0) is 19.2. The lowest BCUT2D eigenvalue weighted by Crippen LogP contribution is -1.98. The van der Waals surface area contributed by atoms with Gasteiger partial charge in [0.05, 0.1) is 0 Å². The number of rotatable bonds is 15. The Balaban J connectivity index is 1.45. The van der Waals surface area contributed by atoms with Crippen LogP contribution in [0.5, 0.6) is 0 Å². The molecule has 2 aromatic rings. The van der Waals surface area contributed by atoms with Gasteiger partial charge < -0.3 is 4.42 Å². The first kappa shape index (κ1) is 21.4. The highest BCUT2D eigenvalue weighted by Gasteiger charge is 2.13. The van der Waals surface area contributed by atoms with Gasteiger partial charge in [-0.25, -0.2) is 4.98 Å². The molecule has 0 bridgehead atoms. The van der Waals surface area contributed by atoms with Gasteiger partial charge in [-0.3, -0.25) is 4.79 Å². The summed E-state index contributed by atoms with van der Waals surface area (Å²) < 4.78 is 5.53. The zero-order valence-corrected chi connectivity index (χ0v) is 16.9. The van der Waals surface area contributed by atoms with Crippen LogP contribution in [0.1, 0.15) is 101 Å². The van der Waals surface area contributed by atoms with E-state index in [9.17, 15) is 4.79 Å². The summed E-state index contributed by atoms with van der Waals surface area (Å²) in [5, 5.41) is 0. The van der Waals surface area contributed by atoms with Crippen molar-refractivity contribution in [3.8, 4) is 0 Å². The van der Waals surface area contributed by atoms with Gasteiger partial charge in [0.1, 0.15) is 5.52 Å². The smallest absolute Gasteiger partial charge is 0.264 e. The van der Waals surface area contributed by atoms with Crippen LogP contribution < -0.4 is 0 Å². The molecule has 0 unspecified atom stereocenters. The summed E-state index contributed by atoms with van der Waals surface area (Å²) in [6.45, 7) is 2.26. The van der Waals surface area contributed by atoms with Gasteiger partial charge in [0.15, 0.2) is 5.58 Å². The number of allylic oxidation sites excluding steroid dienone is 2. The third-order valence-corrected chi connectivity index (χ3v) is 4.95. The van der Waals surface area contributed by atoms with Crippen molar-refractivity contribution in [1.29, 1.82) is 0 Å². The molecule has 0 radical (unpaired) electrons. The molecular formula is C24H35NO2. The molecule has 3 nitrogen and oxygen atoms in total. The number of unbranched alkanes of at least 4 members (excludes halogenated alkanes) is 10. The van der Waals surface area contributed by atoms with E-state index in [-0.39, 0.29) is 11.7 Å². The second kappa shape index (κ2) is 13.3. The molecule has 0 saturated carbocycles. The van der Waals surface area contributed by atoms with Crippen LogP contribution >= 0.6 is 0 Å². The Kier molecular flexibility index (Phi) is 10.5. The standard InChI is InChI=1S/C24H35NO2/c1-2-3-4-5-6-7-8-9-10-11-12-13-14-15-19-22(26)24-25-21-18-16-17-20-23(21)27-24/h9-10,16-18,20H,2-8,11-15,19H2,1H3/b10-9-. The highest BCUT2D eigenvalue weighted by atomic mass is 16.4. The quantitative estimate of drug-likeness (QED) is 0.184. The summed E-state index contributed by atoms with van der Waals surface area (Å²) in [4.78, 5) is 16.4. The van der Waals surface area contributed by atoms with Crippen molar-refractivity contribution in [3.63, 3.8) is 0 Å².